The Morgan fingerprint density at radius 1 is 1.07 bits per heavy atom. The van der Waals surface area contributed by atoms with Crippen LogP contribution < -0.4 is 4.74 Å². The summed E-state index contributed by atoms with van der Waals surface area (Å²) in [5, 5.41) is 0. The minimum Gasteiger partial charge on any atom is -0.497 e. The maximum Gasteiger partial charge on any atom is 0.338 e. The molecule has 1 aliphatic rings. The maximum atomic E-state index is 13.1. The molecule has 0 amide bonds. The molecule has 0 unspecified atom stereocenters. The summed E-state index contributed by atoms with van der Waals surface area (Å²) in [7, 11) is -2.03. The Morgan fingerprint density at radius 3 is 2.30 bits per heavy atom. The van der Waals surface area contributed by atoms with Gasteiger partial charge in [0.25, 0.3) is 0 Å². The number of carbonyl (C=O) groups excluding carboxylic acids is 1. The molecule has 0 saturated carbocycles. The molecule has 0 bridgehead atoms. The molecule has 162 valence electrons. The molecular weight excluding hydrogens is 472 g/mol. The second-order valence-corrected chi connectivity index (χ2v) is 9.65. The number of hydrogen-bond acceptors (Lipinski definition) is 6. The van der Waals surface area contributed by atoms with E-state index < -0.39 is 16.0 Å². The summed E-state index contributed by atoms with van der Waals surface area (Å²) in [4.78, 5) is 14.2. The van der Waals surface area contributed by atoms with Crippen molar-refractivity contribution >= 4 is 31.9 Å². The molecule has 9 heteroatoms. The van der Waals surface area contributed by atoms with E-state index in [4.69, 9.17) is 9.47 Å². The quantitative estimate of drug-likeness (QED) is 0.548. The fourth-order valence-corrected chi connectivity index (χ4v) is 5.77. The number of halogens is 1. The Hall–Kier alpha value is -1.94. The van der Waals surface area contributed by atoms with Gasteiger partial charge in [0.05, 0.1) is 24.2 Å². The maximum absolute atomic E-state index is 13.1. The van der Waals surface area contributed by atoms with Gasteiger partial charge in [-0.1, -0.05) is 12.1 Å². The van der Waals surface area contributed by atoms with Crippen LogP contribution in [0, 0.1) is 0 Å². The van der Waals surface area contributed by atoms with Gasteiger partial charge in [-0.2, -0.15) is 4.31 Å². The molecule has 7 nitrogen and oxygen atoms in total. The van der Waals surface area contributed by atoms with E-state index in [2.05, 4.69) is 20.8 Å². The highest BCUT2D eigenvalue weighted by Crippen LogP contribution is 2.27. The molecular formula is C21H25BrN2O5S. The van der Waals surface area contributed by atoms with Gasteiger partial charge in [-0.05, 0) is 58.7 Å². The van der Waals surface area contributed by atoms with Crippen LogP contribution in [-0.4, -0.2) is 63.5 Å². The van der Waals surface area contributed by atoms with Crippen molar-refractivity contribution in [1.82, 2.24) is 9.21 Å². The van der Waals surface area contributed by atoms with E-state index in [0.29, 0.717) is 36.2 Å². The second kappa shape index (κ2) is 9.91. The van der Waals surface area contributed by atoms with E-state index in [-0.39, 0.29) is 11.5 Å². The molecule has 1 aliphatic heterocycles. The van der Waals surface area contributed by atoms with Crippen molar-refractivity contribution in [3.8, 4) is 5.75 Å². The number of esters is 1. The Labute approximate surface area is 185 Å². The number of sulfonamides is 1. The Morgan fingerprint density at radius 2 is 1.73 bits per heavy atom. The highest BCUT2D eigenvalue weighted by Gasteiger charge is 2.30. The predicted octanol–water partition coefficient (Wildman–Crippen LogP) is 3.14. The molecule has 3 rings (SSSR count). The average molecular weight is 497 g/mol. The Bertz CT molecular complexity index is 987. The Kier molecular flexibility index (Phi) is 7.51. The summed E-state index contributed by atoms with van der Waals surface area (Å²) < 4.78 is 38.2. The van der Waals surface area contributed by atoms with E-state index in [0.717, 1.165) is 17.9 Å². The largest absolute Gasteiger partial charge is 0.497 e. The van der Waals surface area contributed by atoms with E-state index >= 15 is 0 Å². The molecule has 0 spiro atoms. The number of carbonyl (C=O) groups is 1. The predicted molar refractivity (Wildman–Crippen MR) is 117 cm³/mol. The minimum atomic E-state index is -3.66. The van der Waals surface area contributed by atoms with Crippen molar-refractivity contribution < 1.29 is 22.7 Å². The molecule has 2 aromatic carbocycles. The molecule has 0 N–H and O–H groups in total. The molecule has 1 fully saturated rings. The van der Waals surface area contributed by atoms with Crippen LogP contribution in [0.3, 0.4) is 0 Å². The van der Waals surface area contributed by atoms with Gasteiger partial charge >= 0.3 is 5.97 Å². The summed E-state index contributed by atoms with van der Waals surface area (Å²) in [5.41, 5.74) is 1.47. The lowest BCUT2D eigenvalue weighted by molar-refractivity contribution is 0.0526. The van der Waals surface area contributed by atoms with E-state index in [1.807, 2.05) is 24.3 Å². The number of methoxy groups -OCH3 is 1. The summed E-state index contributed by atoms with van der Waals surface area (Å²) in [5.74, 6) is 0.337. The van der Waals surface area contributed by atoms with Crippen molar-refractivity contribution in [3.63, 3.8) is 0 Å². The van der Waals surface area contributed by atoms with Gasteiger partial charge in [0, 0.05) is 37.2 Å². The number of nitrogens with zero attached hydrogens (tertiary/aromatic N) is 2. The molecule has 0 aromatic heterocycles. The molecule has 0 aliphatic carbocycles. The fraction of sp³-hybridized carbons (Fsp3) is 0.381. The van der Waals surface area contributed by atoms with Crippen LogP contribution >= 0.6 is 15.9 Å². The van der Waals surface area contributed by atoms with E-state index in [1.54, 1.807) is 14.0 Å². The van der Waals surface area contributed by atoms with Crippen LogP contribution in [0.1, 0.15) is 22.8 Å². The first kappa shape index (κ1) is 22.7. The standard InChI is InChI=1S/C21H25BrN2O5S/c1-3-29-21(25)17-6-9-20(19(22)14-17)30(26,27)24-12-10-23(11-13-24)15-16-4-7-18(28-2)8-5-16/h4-9,14H,3,10-13,15H2,1-2H3. The molecule has 1 saturated heterocycles. The highest BCUT2D eigenvalue weighted by atomic mass is 79.9. The zero-order valence-corrected chi connectivity index (χ0v) is 19.4. The smallest absolute Gasteiger partial charge is 0.338 e. The first-order valence-electron chi connectivity index (χ1n) is 9.67. The number of ether oxygens (including phenoxy) is 2. The third-order valence-corrected chi connectivity index (χ3v) is 7.83. The van der Waals surface area contributed by atoms with Crippen molar-refractivity contribution in [2.75, 3.05) is 39.9 Å². The lowest BCUT2D eigenvalue weighted by atomic mass is 10.2. The number of benzene rings is 2. The third-order valence-electron chi connectivity index (χ3n) is 4.96. The lowest BCUT2D eigenvalue weighted by Crippen LogP contribution is -2.48. The summed E-state index contributed by atoms with van der Waals surface area (Å²) >= 11 is 3.30. The van der Waals surface area contributed by atoms with Crippen LogP contribution in [-0.2, 0) is 21.3 Å². The zero-order chi connectivity index (χ0) is 21.7. The summed E-state index contributed by atoms with van der Waals surface area (Å²) in [6.07, 6.45) is 0. The van der Waals surface area contributed by atoms with Crippen LogP contribution in [0.2, 0.25) is 0 Å². The molecule has 1 heterocycles. The van der Waals surface area contributed by atoms with Gasteiger partial charge in [-0.15, -0.1) is 0 Å². The molecule has 0 atom stereocenters. The second-order valence-electron chi connectivity index (χ2n) is 6.89. The van der Waals surface area contributed by atoms with Gasteiger partial charge < -0.3 is 9.47 Å². The van der Waals surface area contributed by atoms with Gasteiger partial charge in [-0.25, -0.2) is 13.2 Å². The summed E-state index contributed by atoms with van der Waals surface area (Å²) in [6, 6.07) is 12.3. The van der Waals surface area contributed by atoms with Gasteiger partial charge in [0.15, 0.2) is 0 Å². The molecule has 30 heavy (non-hydrogen) atoms. The zero-order valence-electron chi connectivity index (χ0n) is 17.0. The van der Waals surface area contributed by atoms with Crippen molar-refractivity contribution in [2.24, 2.45) is 0 Å². The van der Waals surface area contributed by atoms with Crippen LogP contribution in [0.4, 0.5) is 0 Å². The number of piperazine rings is 1. The SMILES string of the molecule is CCOC(=O)c1ccc(S(=O)(=O)N2CCN(Cc3ccc(OC)cc3)CC2)c(Br)c1. The van der Waals surface area contributed by atoms with Gasteiger partial charge in [0.1, 0.15) is 5.75 Å². The lowest BCUT2D eigenvalue weighted by Gasteiger charge is -2.34. The average Bonchev–Trinajstić information content (AvgIpc) is 2.74. The van der Waals surface area contributed by atoms with Crippen molar-refractivity contribution in [2.45, 2.75) is 18.4 Å². The fourth-order valence-electron chi connectivity index (χ4n) is 3.31. The monoisotopic (exact) mass is 496 g/mol. The Balaban J connectivity index is 1.64. The van der Waals surface area contributed by atoms with E-state index in [9.17, 15) is 13.2 Å². The normalized spacial score (nSPS) is 15.7. The minimum absolute atomic E-state index is 0.152. The molecule has 0 radical (unpaired) electrons. The number of hydrogen-bond donors (Lipinski definition) is 0. The van der Waals surface area contributed by atoms with Crippen LogP contribution in [0.25, 0.3) is 0 Å². The van der Waals surface area contributed by atoms with Crippen molar-refractivity contribution in [1.29, 1.82) is 0 Å². The number of rotatable bonds is 7. The van der Waals surface area contributed by atoms with Crippen LogP contribution in [0.5, 0.6) is 5.75 Å². The summed E-state index contributed by atoms with van der Waals surface area (Å²) in [6.45, 7) is 4.84. The topological polar surface area (TPSA) is 76.2 Å². The van der Waals surface area contributed by atoms with Gasteiger partial charge in [0.2, 0.25) is 10.0 Å². The van der Waals surface area contributed by atoms with Crippen molar-refractivity contribution in [3.05, 3.63) is 58.1 Å². The first-order valence-corrected chi connectivity index (χ1v) is 11.9. The van der Waals surface area contributed by atoms with Crippen LogP contribution in [0.15, 0.2) is 51.8 Å². The first-order chi connectivity index (χ1) is 14.3. The van der Waals surface area contributed by atoms with Gasteiger partial charge in [-0.3, -0.25) is 4.90 Å². The highest BCUT2D eigenvalue weighted by molar-refractivity contribution is 9.10. The third kappa shape index (κ3) is 5.21. The van der Waals surface area contributed by atoms with E-state index in [1.165, 1.54) is 22.5 Å². The molecule has 2 aromatic rings.